The number of aromatic nitrogens is 1. The molecule has 6 nitrogen and oxygen atoms in total. The van der Waals surface area contributed by atoms with Crippen LogP contribution in [0.4, 0.5) is 17.1 Å². The summed E-state index contributed by atoms with van der Waals surface area (Å²) in [7, 11) is 3.53. The molecule has 0 radical (unpaired) electrons. The summed E-state index contributed by atoms with van der Waals surface area (Å²) in [5.74, 6) is 0.295. The lowest BCUT2D eigenvalue weighted by molar-refractivity contribution is 0.415. The third-order valence-electron chi connectivity index (χ3n) is 3.39. The topological polar surface area (TPSA) is 84.5 Å². The van der Waals surface area contributed by atoms with Gasteiger partial charge in [-0.05, 0) is 30.3 Å². The predicted octanol–water partition coefficient (Wildman–Crippen LogP) is 2.48. The highest BCUT2D eigenvalue weighted by atomic mass is 16.5. The number of oxazole rings is 1. The molecule has 0 saturated heterocycles. The Balaban J connectivity index is 2.04. The molecule has 1 heterocycles. The molecule has 0 aliphatic carbocycles. The Morgan fingerprint density at radius 2 is 1.95 bits per heavy atom. The van der Waals surface area contributed by atoms with Crippen molar-refractivity contribution in [1.82, 2.24) is 4.98 Å². The van der Waals surface area contributed by atoms with Crippen LogP contribution in [0.5, 0.6) is 5.75 Å². The van der Waals surface area contributed by atoms with Gasteiger partial charge >= 0.3 is 5.76 Å². The van der Waals surface area contributed by atoms with E-state index in [1.165, 1.54) is 0 Å². The molecule has 0 spiro atoms. The Hall–Kier alpha value is -2.89. The normalized spacial score (nSPS) is 10.8. The van der Waals surface area contributed by atoms with E-state index >= 15 is 0 Å². The number of H-pyrrole nitrogens is 1. The van der Waals surface area contributed by atoms with Gasteiger partial charge in [0.2, 0.25) is 0 Å². The highest BCUT2D eigenvalue weighted by Crippen LogP contribution is 2.32. The van der Waals surface area contributed by atoms with E-state index in [1.807, 2.05) is 36.2 Å². The van der Waals surface area contributed by atoms with Gasteiger partial charge in [-0.15, -0.1) is 0 Å². The molecule has 3 rings (SSSR count). The summed E-state index contributed by atoms with van der Waals surface area (Å²) >= 11 is 0. The zero-order chi connectivity index (χ0) is 15.0. The minimum atomic E-state index is -0.492. The van der Waals surface area contributed by atoms with E-state index in [0.29, 0.717) is 16.8 Å². The number of rotatable bonds is 3. The van der Waals surface area contributed by atoms with Crippen LogP contribution in [0.1, 0.15) is 0 Å². The van der Waals surface area contributed by atoms with Crippen LogP contribution in [0.2, 0.25) is 0 Å². The van der Waals surface area contributed by atoms with E-state index in [2.05, 4.69) is 4.98 Å². The maximum atomic E-state index is 11.2. The van der Waals surface area contributed by atoms with Crippen LogP contribution in [0.15, 0.2) is 45.6 Å². The molecule has 108 valence electrons. The van der Waals surface area contributed by atoms with Crippen molar-refractivity contribution in [1.29, 1.82) is 0 Å². The van der Waals surface area contributed by atoms with Crippen LogP contribution >= 0.6 is 0 Å². The number of hydrogen-bond acceptors (Lipinski definition) is 5. The van der Waals surface area contributed by atoms with Crippen molar-refractivity contribution in [3.05, 3.63) is 46.9 Å². The van der Waals surface area contributed by atoms with Gasteiger partial charge in [-0.3, -0.25) is 4.98 Å². The fourth-order valence-corrected chi connectivity index (χ4v) is 2.24. The second kappa shape index (κ2) is 4.90. The van der Waals surface area contributed by atoms with E-state index in [4.69, 9.17) is 14.9 Å². The number of fused-ring (bicyclic) bond motifs is 1. The fourth-order valence-electron chi connectivity index (χ4n) is 2.24. The summed E-state index contributed by atoms with van der Waals surface area (Å²) in [5, 5.41) is 0. The lowest BCUT2D eigenvalue weighted by Crippen LogP contribution is -2.11. The van der Waals surface area contributed by atoms with Crippen molar-refractivity contribution in [2.75, 3.05) is 24.8 Å². The Kier molecular flexibility index (Phi) is 3.06. The molecule has 0 aliphatic rings. The monoisotopic (exact) mass is 285 g/mol. The summed E-state index contributed by atoms with van der Waals surface area (Å²) in [6.45, 7) is 0. The third kappa shape index (κ3) is 2.31. The molecule has 0 unspecified atom stereocenters. The highest BCUT2D eigenvalue weighted by molar-refractivity contribution is 5.87. The van der Waals surface area contributed by atoms with Gasteiger partial charge in [-0.1, -0.05) is 0 Å². The van der Waals surface area contributed by atoms with E-state index in [0.717, 1.165) is 17.1 Å². The number of aromatic amines is 1. The van der Waals surface area contributed by atoms with Crippen molar-refractivity contribution in [2.24, 2.45) is 0 Å². The van der Waals surface area contributed by atoms with Gasteiger partial charge in [0, 0.05) is 18.8 Å². The Morgan fingerprint density at radius 1 is 1.24 bits per heavy atom. The minimum Gasteiger partial charge on any atom is -0.497 e. The van der Waals surface area contributed by atoms with Gasteiger partial charge in [-0.25, -0.2) is 4.79 Å². The smallest absolute Gasteiger partial charge is 0.417 e. The molecule has 0 aliphatic heterocycles. The Morgan fingerprint density at radius 3 is 2.62 bits per heavy atom. The van der Waals surface area contributed by atoms with Gasteiger partial charge in [0.15, 0.2) is 5.58 Å². The quantitative estimate of drug-likeness (QED) is 0.722. The van der Waals surface area contributed by atoms with Gasteiger partial charge in [0.05, 0.1) is 24.0 Å². The zero-order valence-electron chi connectivity index (χ0n) is 11.7. The number of ether oxygens (including phenoxy) is 1. The number of methoxy groups -OCH3 is 1. The molecule has 0 bridgehead atoms. The maximum absolute atomic E-state index is 11.2. The van der Waals surface area contributed by atoms with Crippen molar-refractivity contribution in [3.8, 4) is 5.75 Å². The van der Waals surface area contributed by atoms with Crippen LogP contribution in [0.25, 0.3) is 11.1 Å². The maximum Gasteiger partial charge on any atom is 0.417 e. The lowest BCUT2D eigenvalue weighted by atomic mass is 10.2. The average molecular weight is 285 g/mol. The molecular weight excluding hydrogens is 270 g/mol. The molecule has 6 heteroatoms. The van der Waals surface area contributed by atoms with Crippen molar-refractivity contribution < 1.29 is 9.15 Å². The number of anilines is 3. The number of nitrogen functional groups attached to an aromatic ring is 1. The number of benzene rings is 2. The molecule has 21 heavy (non-hydrogen) atoms. The first-order valence-electron chi connectivity index (χ1n) is 6.38. The van der Waals surface area contributed by atoms with Crippen molar-refractivity contribution in [2.45, 2.75) is 0 Å². The molecule has 3 aromatic rings. The number of nitrogens with zero attached hydrogens (tertiary/aromatic N) is 1. The Bertz CT molecular complexity index is 833. The fraction of sp³-hybridized carbons (Fsp3) is 0.133. The standard InChI is InChI=1S/C15H15N3O3/c1-18(9-3-5-10(20-2)6-4-9)13-8-12-14(7-11(13)16)21-15(19)17-12/h3-8H,16H2,1-2H3,(H,17,19). The Labute approximate surface area is 120 Å². The molecule has 2 aromatic carbocycles. The summed E-state index contributed by atoms with van der Waals surface area (Å²) in [5.41, 5.74) is 9.38. The SMILES string of the molecule is COc1ccc(N(C)c2cc3[nH]c(=O)oc3cc2N)cc1. The molecule has 0 amide bonds. The van der Waals surface area contributed by atoms with Crippen LogP contribution in [0.3, 0.4) is 0 Å². The van der Waals surface area contributed by atoms with Crippen LogP contribution < -0.4 is 21.1 Å². The number of nitrogens with one attached hydrogen (secondary N) is 1. The third-order valence-corrected chi connectivity index (χ3v) is 3.39. The van der Waals surface area contributed by atoms with Gasteiger partial charge in [0.1, 0.15) is 5.75 Å². The zero-order valence-corrected chi connectivity index (χ0v) is 11.7. The molecule has 3 N–H and O–H groups in total. The average Bonchev–Trinajstić information content (AvgIpc) is 2.85. The summed E-state index contributed by atoms with van der Waals surface area (Å²) in [4.78, 5) is 15.8. The predicted molar refractivity (Wildman–Crippen MR) is 82.3 cm³/mol. The summed E-state index contributed by atoms with van der Waals surface area (Å²) in [6, 6.07) is 11.0. The van der Waals surface area contributed by atoms with E-state index < -0.39 is 5.76 Å². The van der Waals surface area contributed by atoms with Gasteiger partial charge in [-0.2, -0.15) is 0 Å². The van der Waals surface area contributed by atoms with Crippen LogP contribution in [0, 0.1) is 0 Å². The second-order valence-electron chi connectivity index (χ2n) is 4.68. The molecular formula is C15H15N3O3. The molecule has 0 atom stereocenters. The first-order chi connectivity index (χ1) is 10.1. The first kappa shape index (κ1) is 13.1. The number of hydrogen-bond donors (Lipinski definition) is 2. The van der Waals surface area contributed by atoms with Crippen LogP contribution in [-0.4, -0.2) is 19.1 Å². The van der Waals surface area contributed by atoms with E-state index in [9.17, 15) is 4.79 Å². The van der Waals surface area contributed by atoms with Crippen molar-refractivity contribution in [3.63, 3.8) is 0 Å². The van der Waals surface area contributed by atoms with Gasteiger partial charge in [0.25, 0.3) is 0 Å². The second-order valence-corrected chi connectivity index (χ2v) is 4.68. The molecule has 0 saturated carbocycles. The molecule has 1 aromatic heterocycles. The van der Waals surface area contributed by atoms with E-state index in [-0.39, 0.29) is 0 Å². The van der Waals surface area contributed by atoms with Gasteiger partial charge < -0.3 is 19.8 Å². The number of nitrogens with two attached hydrogens (primary N) is 1. The van der Waals surface area contributed by atoms with E-state index in [1.54, 1.807) is 19.2 Å². The lowest BCUT2D eigenvalue weighted by Gasteiger charge is -2.21. The van der Waals surface area contributed by atoms with Crippen molar-refractivity contribution >= 4 is 28.2 Å². The highest BCUT2D eigenvalue weighted by Gasteiger charge is 2.12. The molecule has 0 fully saturated rings. The summed E-state index contributed by atoms with van der Waals surface area (Å²) < 4.78 is 10.1. The van der Waals surface area contributed by atoms with Crippen LogP contribution in [-0.2, 0) is 0 Å². The summed E-state index contributed by atoms with van der Waals surface area (Å²) in [6.07, 6.45) is 0. The minimum absolute atomic E-state index is 0.449. The first-order valence-corrected chi connectivity index (χ1v) is 6.38. The largest absolute Gasteiger partial charge is 0.497 e.